The lowest BCUT2D eigenvalue weighted by Gasteiger charge is -2.14. The maximum atomic E-state index is 12.4. The normalized spacial score (nSPS) is 11.1. The molecule has 0 radical (unpaired) electrons. The van der Waals surface area contributed by atoms with E-state index in [9.17, 15) is 13.2 Å². The molecule has 0 atom stereocenters. The maximum Gasteiger partial charge on any atom is 0.179 e. The fourth-order valence-electron chi connectivity index (χ4n) is 2.69. The lowest BCUT2D eigenvalue weighted by Crippen LogP contribution is -2.09. The highest BCUT2D eigenvalue weighted by atomic mass is 32.2. The summed E-state index contributed by atoms with van der Waals surface area (Å²) in [6, 6.07) is 10.2. The molecule has 9 heteroatoms. The molecule has 0 amide bonds. The third-order valence-corrected chi connectivity index (χ3v) is 5.22. The summed E-state index contributed by atoms with van der Waals surface area (Å²) in [5, 5.41) is 6.08. The number of carbonyl (C=O) groups is 1. The van der Waals surface area contributed by atoms with E-state index in [1.807, 2.05) is 19.1 Å². The third-order valence-electron chi connectivity index (χ3n) is 4.09. The SMILES string of the molecule is CCC(=O)c1cnc(Nc2cccc(C)n2)cc1Nc1ncccc1S(C)(=O)=O. The van der Waals surface area contributed by atoms with Crippen molar-refractivity contribution in [2.24, 2.45) is 0 Å². The molecule has 0 fully saturated rings. The summed E-state index contributed by atoms with van der Waals surface area (Å²) in [5.41, 5.74) is 1.60. The number of ketones is 1. The number of pyridine rings is 3. The molecule has 29 heavy (non-hydrogen) atoms. The van der Waals surface area contributed by atoms with Gasteiger partial charge in [0.2, 0.25) is 0 Å². The number of carbonyl (C=O) groups excluding carboxylic acids is 1. The Balaban J connectivity index is 2.03. The van der Waals surface area contributed by atoms with E-state index in [1.165, 1.54) is 18.5 Å². The molecule has 0 aliphatic carbocycles. The van der Waals surface area contributed by atoms with Crippen LogP contribution in [0.2, 0.25) is 0 Å². The number of aromatic nitrogens is 3. The van der Waals surface area contributed by atoms with Crippen molar-refractivity contribution in [2.75, 3.05) is 16.9 Å². The Morgan fingerprint density at radius 2 is 1.86 bits per heavy atom. The van der Waals surface area contributed by atoms with Crippen molar-refractivity contribution < 1.29 is 13.2 Å². The summed E-state index contributed by atoms with van der Waals surface area (Å²) < 4.78 is 24.2. The number of rotatable bonds is 7. The second-order valence-electron chi connectivity index (χ2n) is 6.43. The van der Waals surface area contributed by atoms with E-state index in [-0.39, 0.29) is 22.9 Å². The molecule has 2 N–H and O–H groups in total. The second kappa shape index (κ2) is 8.36. The Labute approximate surface area is 169 Å². The number of nitrogens with one attached hydrogen (secondary N) is 2. The molecule has 0 saturated carbocycles. The van der Waals surface area contributed by atoms with Crippen LogP contribution in [0.4, 0.5) is 23.1 Å². The smallest absolute Gasteiger partial charge is 0.179 e. The number of aryl methyl sites for hydroxylation is 1. The van der Waals surface area contributed by atoms with Gasteiger partial charge in [-0.1, -0.05) is 13.0 Å². The lowest BCUT2D eigenvalue weighted by molar-refractivity contribution is 0.0988. The molecule has 0 aromatic carbocycles. The Bertz CT molecular complexity index is 1160. The highest BCUT2D eigenvalue weighted by molar-refractivity contribution is 7.90. The summed E-state index contributed by atoms with van der Waals surface area (Å²) in [6.45, 7) is 3.63. The van der Waals surface area contributed by atoms with Gasteiger partial charge in [-0.15, -0.1) is 0 Å². The maximum absolute atomic E-state index is 12.4. The molecule has 150 valence electrons. The third kappa shape index (κ3) is 4.94. The zero-order chi connectivity index (χ0) is 21.0. The highest BCUT2D eigenvalue weighted by Gasteiger charge is 2.18. The first-order chi connectivity index (χ1) is 13.8. The van der Waals surface area contributed by atoms with Crippen molar-refractivity contribution >= 4 is 38.8 Å². The fraction of sp³-hybridized carbons (Fsp3) is 0.200. The number of hydrogen-bond donors (Lipinski definition) is 2. The van der Waals surface area contributed by atoms with Crippen LogP contribution in [0, 0.1) is 6.92 Å². The molecule has 0 aliphatic rings. The molecule has 3 aromatic rings. The quantitative estimate of drug-likeness (QED) is 0.566. The number of nitrogens with zero attached hydrogens (tertiary/aromatic N) is 3. The van der Waals surface area contributed by atoms with Crippen molar-refractivity contribution in [3.8, 4) is 0 Å². The summed E-state index contributed by atoms with van der Waals surface area (Å²) in [5.74, 6) is 1.07. The molecule has 0 saturated heterocycles. The number of hydrogen-bond acceptors (Lipinski definition) is 8. The van der Waals surface area contributed by atoms with Gasteiger partial charge < -0.3 is 10.6 Å². The van der Waals surface area contributed by atoms with E-state index in [0.29, 0.717) is 22.9 Å². The first-order valence-electron chi connectivity index (χ1n) is 8.94. The van der Waals surface area contributed by atoms with Crippen LogP contribution in [-0.4, -0.2) is 35.4 Å². The van der Waals surface area contributed by atoms with E-state index in [0.717, 1.165) is 11.9 Å². The first kappa shape index (κ1) is 20.4. The van der Waals surface area contributed by atoms with Gasteiger partial charge in [-0.05, 0) is 31.2 Å². The topological polar surface area (TPSA) is 114 Å². The number of Topliss-reactive ketones (excluding diaryl/α,β-unsaturated/α-hetero) is 1. The van der Waals surface area contributed by atoms with Gasteiger partial charge in [0, 0.05) is 36.8 Å². The van der Waals surface area contributed by atoms with Crippen LogP contribution in [0.3, 0.4) is 0 Å². The minimum atomic E-state index is -3.51. The average Bonchev–Trinajstić information content (AvgIpc) is 2.67. The van der Waals surface area contributed by atoms with Gasteiger partial charge in [-0.3, -0.25) is 4.79 Å². The van der Waals surface area contributed by atoms with Gasteiger partial charge in [0.25, 0.3) is 0 Å². The Morgan fingerprint density at radius 3 is 2.55 bits per heavy atom. The molecule has 3 aromatic heterocycles. The van der Waals surface area contributed by atoms with E-state index in [2.05, 4.69) is 25.6 Å². The number of sulfone groups is 1. The van der Waals surface area contributed by atoms with Crippen molar-refractivity contribution in [3.05, 3.63) is 60.0 Å². The fourth-order valence-corrected chi connectivity index (χ4v) is 3.48. The van der Waals surface area contributed by atoms with Gasteiger partial charge in [-0.25, -0.2) is 23.4 Å². The minimum absolute atomic E-state index is 0.0431. The van der Waals surface area contributed by atoms with Crippen LogP contribution in [0.25, 0.3) is 0 Å². The predicted octanol–water partition coefficient (Wildman–Crippen LogP) is 3.66. The number of anilines is 4. The highest BCUT2D eigenvalue weighted by Crippen LogP contribution is 2.28. The molecule has 8 nitrogen and oxygen atoms in total. The summed E-state index contributed by atoms with van der Waals surface area (Å²) in [6.07, 6.45) is 4.32. The van der Waals surface area contributed by atoms with Gasteiger partial charge >= 0.3 is 0 Å². The first-order valence-corrected chi connectivity index (χ1v) is 10.8. The molecule has 0 spiro atoms. The monoisotopic (exact) mass is 411 g/mol. The summed E-state index contributed by atoms with van der Waals surface area (Å²) >= 11 is 0. The van der Waals surface area contributed by atoms with E-state index < -0.39 is 9.84 Å². The van der Waals surface area contributed by atoms with Gasteiger partial charge in [0.15, 0.2) is 15.6 Å². The van der Waals surface area contributed by atoms with Crippen LogP contribution >= 0.6 is 0 Å². The van der Waals surface area contributed by atoms with E-state index in [4.69, 9.17) is 0 Å². The lowest BCUT2D eigenvalue weighted by atomic mass is 10.1. The van der Waals surface area contributed by atoms with Crippen molar-refractivity contribution in [1.29, 1.82) is 0 Å². The minimum Gasteiger partial charge on any atom is -0.338 e. The van der Waals surface area contributed by atoms with Gasteiger partial charge in [0.1, 0.15) is 22.3 Å². The summed E-state index contributed by atoms with van der Waals surface area (Å²) in [7, 11) is -3.51. The van der Waals surface area contributed by atoms with Crippen LogP contribution in [0.15, 0.2) is 53.7 Å². The molecular weight excluding hydrogens is 390 g/mol. The molecule has 0 bridgehead atoms. The average molecular weight is 411 g/mol. The largest absolute Gasteiger partial charge is 0.338 e. The molecule has 3 rings (SSSR count). The molecule has 0 unspecified atom stereocenters. The van der Waals surface area contributed by atoms with Crippen molar-refractivity contribution in [2.45, 2.75) is 25.2 Å². The van der Waals surface area contributed by atoms with Gasteiger partial charge in [0.05, 0.1) is 11.3 Å². The molecular formula is C20H21N5O3S. The van der Waals surface area contributed by atoms with E-state index in [1.54, 1.807) is 25.1 Å². The zero-order valence-electron chi connectivity index (χ0n) is 16.3. The van der Waals surface area contributed by atoms with Gasteiger partial charge in [-0.2, -0.15) is 0 Å². The van der Waals surface area contributed by atoms with E-state index >= 15 is 0 Å². The molecule has 0 aliphatic heterocycles. The Morgan fingerprint density at radius 1 is 1.07 bits per heavy atom. The Hall–Kier alpha value is -3.33. The second-order valence-corrected chi connectivity index (χ2v) is 8.41. The van der Waals surface area contributed by atoms with Crippen LogP contribution < -0.4 is 10.6 Å². The zero-order valence-corrected chi connectivity index (χ0v) is 17.1. The van der Waals surface area contributed by atoms with Crippen LogP contribution in [0.5, 0.6) is 0 Å². The van der Waals surface area contributed by atoms with Crippen molar-refractivity contribution in [1.82, 2.24) is 15.0 Å². The van der Waals surface area contributed by atoms with Crippen LogP contribution in [-0.2, 0) is 9.84 Å². The summed E-state index contributed by atoms with van der Waals surface area (Å²) in [4.78, 5) is 25.2. The standard InChI is InChI=1S/C20H21N5O3S/c1-4-16(26)14-12-22-19(25-18-9-5-7-13(2)23-18)11-15(14)24-20-17(29(3,27)28)8-6-10-21-20/h5-12H,4H2,1-3H3,(H2,21,22,23,24,25). The Kier molecular flexibility index (Phi) is 5.88. The van der Waals surface area contributed by atoms with Crippen molar-refractivity contribution in [3.63, 3.8) is 0 Å². The predicted molar refractivity (Wildman–Crippen MR) is 112 cm³/mol. The molecule has 3 heterocycles. The van der Waals surface area contributed by atoms with Crippen LogP contribution in [0.1, 0.15) is 29.4 Å².